The molecular weight excluding hydrogens is 675 g/mol. The molecule has 8 unspecified atom stereocenters. The number of carboxylic acids is 1. The highest BCUT2D eigenvalue weighted by Crippen LogP contribution is 2.69. The van der Waals surface area contributed by atoms with E-state index >= 15 is 0 Å². The zero-order valence-corrected chi connectivity index (χ0v) is 28.5. The van der Waals surface area contributed by atoms with Crippen molar-refractivity contribution in [1.82, 2.24) is 9.88 Å². The first-order valence-electron chi connectivity index (χ1n) is 14.7. The molecule has 1 saturated heterocycles. The van der Waals surface area contributed by atoms with Gasteiger partial charge < -0.3 is 19.6 Å². The first-order chi connectivity index (χ1) is 21.5. The number of imide groups is 1. The highest BCUT2D eigenvalue weighted by molar-refractivity contribution is 8.00. The molecule has 3 heterocycles. The summed E-state index contributed by atoms with van der Waals surface area (Å²) in [5.41, 5.74) is 1.80. The van der Waals surface area contributed by atoms with Gasteiger partial charge in [0.15, 0.2) is 15.5 Å². The van der Waals surface area contributed by atoms with Crippen LogP contribution < -0.4 is 9.47 Å². The average Bonchev–Trinajstić information content (AvgIpc) is 3.72. The molecule has 3 aromatic rings. The van der Waals surface area contributed by atoms with Crippen molar-refractivity contribution in [2.24, 2.45) is 35.5 Å². The van der Waals surface area contributed by atoms with Gasteiger partial charge in [0.2, 0.25) is 11.8 Å². The molecule has 0 spiro atoms. The standard InChI is InChI=1S/C32H30Cl2N2O6S3/c1-12(2)25(31(39)40)36-29(37)23-16-10-17(24(23)30(36)38)26-22(16)21(27-28(44-26)35-32(43)45-27)13-5-7-19(20(8-13)41-3)42-11-14-4-6-15(33)9-18(14)34/h4-9,12,16-17,21-26H,10-11H2,1-3H3,(H,35,43)(H,39,40). The number of halogens is 2. The van der Waals surface area contributed by atoms with Crippen molar-refractivity contribution >= 4 is 76.3 Å². The molecule has 8 nitrogen and oxygen atoms in total. The maximum absolute atomic E-state index is 13.9. The van der Waals surface area contributed by atoms with Crippen LogP contribution in [0.15, 0.2) is 41.4 Å². The number of methoxy groups -OCH3 is 1. The van der Waals surface area contributed by atoms with E-state index in [1.807, 2.05) is 24.3 Å². The Hall–Kier alpha value is -2.57. The first kappa shape index (κ1) is 31.1. The summed E-state index contributed by atoms with van der Waals surface area (Å²) in [6, 6.07) is 10.0. The van der Waals surface area contributed by atoms with E-state index in [1.54, 1.807) is 44.9 Å². The molecule has 236 valence electrons. The van der Waals surface area contributed by atoms with Crippen LogP contribution in [-0.2, 0) is 21.0 Å². The molecule has 3 fully saturated rings. The number of thioether (sulfide) groups is 1. The monoisotopic (exact) mass is 704 g/mol. The number of amides is 2. The number of ether oxygens (including phenoxy) is 2. The smallest absolute Gasteiger partial charge is 0.327 e. The number of aliphatic carboxylic acids is 1. The lowest BCUT2D eigenvalue weighted by atomic mass is 9.68. The highest BCUT2D eigenvalue weighted by atomic mass is 35.5. The molecule has 8 atom stereocenters. The van der Waals surface area contributed by atoms with Crippen molar-refractivity contribution in [3.05, 3.63) is 66.4 Å². The molecule has 4 aliphatic rings. The van der Waals surface area contributed by atoms with Crippen molar-refractivity contribution in [1.29, 1.82) is 0 Å². The summed E-state index contributed by atoms with van der Waals surface area (Å²) in [4.78, 5) is 45.5. The Bertz CT molecular complexity index is 1790. The molecule has 2 amide bonds. The highest BCUT2D eigenvalue weighted by Gasteiger charge is 2.70. The average molecular weight is 706 g/mol. The molecule has 1 aromatic heterocycles. The van der Waals surface area contributed by atoms with Crippen molar-refractivity contribution in [3.8, 4) is 11.5 Å². The van der Waals surface area contributed by atoms with Gasteiger partial charge in [-0.05, 0) is 72.1 Å². The molecule has 7 rings (SSSR count). The number of aromatic nitrogens is 1. The number of carbonyl (C=O) groups excluding carboxylic acids is 2. The number of likely N-dealkylation sites (tertiary alicyclic amines) is 1. The van der Waals surface area contributed by atoms with E-state index in [0.29, 0.717) is 25.5 Å². The predicted molar refractivity (Wildman–Crippen MR) is 175 cm³/mol. The molecule has 2 aliphatic heterocycles. The first-order valence-corrected chi connectivity index (χ1v) is 17.6. The van der Waals surface area contributed by atoms with Gasteiger partial charge in [-0.15, -0.1) is 23.1 Å². The maximum Gasteiger partial charge on any atom is 0.327 e. The Morgan fingerprint density at radius 2 is 1.84 bits per heavy atom. The van der Waals surface area contributed by atoms with E-state index in [1.165, 1.54) is 11.3 Å². The fourth-order valence-electron chi connectivity index (χ4n) is 8.17. The number of rotatable bonds is 8. The van der Waals surface area contributed by atoms with Crippen molar-refractivity contribution in [3.63, 3.8) is 0 Å². The van der Waals surface area contributed by atoms with Gasteiger partial charge in [-0.3, -0.25) is 14.5 Å². The van der Waals surface area contributed by atoms with Crippen molar-refractivity contribution in [2.45, 2.75) is 49.1 Å². The second-order valence-corrected chi connectivity index (χ2v) is 16.2. The molecule has 2 aromatic carbocycles. The topological polar surface area (TPSA) is 109 Å². The molecule has 0 radical (unpaired) electrons. The predicted octanol–water partition coefficient (Wildman–Crippen LogP) is 7.28. The summed E-state index contributed by atoms with van der Waals surface area (Å²) < 4.78 is 12.6. The number of fused-ring (bicyclic) bond motifs is 9. The summed E-state index contributed by atoms with van der Waals surface area (Å²) >= 11 is 21.2. The van der Waals surface area contributed by atoms with E-state index in [4.69, 9.17) is 44.9 Å². The Morgan fingerprint density at radius 3 is 2.51 bits per heavy atom. The number of H-pyrrole nitrogens is 1. The summed E-state index contributed by atoms with van der Waals surface area (Å²) in [5, 5.41) is 12.1. The largest absolute Gasteiger partial charge is 0.493 e. The second-order valence-electron chi connectivity index (χ2n) is 12.5. The third-order valence-corrected chi connectivity index (χ3v) is 13.4. The van der Waals surface area contributed by atoms with Crippen LogP contribution in [0.1, 0.15) is 42.2 Å². The van der Waals surface area contributed by atoms with Crippen LogP contribution in [0.5, 0.6) is 11.5 Å². The molecule has 2 saturated carbocycles. The number of carboxylic acid groups (broad SMARTS) is 1. The van der Waals surface area contributed by atoms with Crippen LogP contribution in [0.2, 0.25) is 10.0 Å². The minimum atomic E-state index is -1.17. The zero-order chi connectivity index (χ0) is 31.9. The lowest BCUT2D eigenvalue weighted by molar-refractivity contribution is -0.157. The Kier molecular flexibility index (Phi) is 8.00. The Morgan fingerprint density at radius 1 is 1.11 bits per heavy atom. The summed E-state index contributed by atoms with van der Waals surface area (Å²) in [5.74, 6) is -2.24. The van der Waals surface area contributed by atoms with E-state index in [0.717, 1.165) is 32.4 Å². The molecule has 2 N–H and O–H groups in total. The van der Waals surface area contributed by atoms with E-state index < -0.39 is 29.8 Å². The van der Waals surface area contributed by atoms with Gasteiger partial charge in [0.05, 0.1) is 24.0 Å². The van der Waals surface area contributed by atoms with Gasteiger partial charge in [-0.2, -0.15) is 0 Å². The second kappa shape index (κ2) is 11.6. The maximum atomic E-state index is 13.9. The van der Waals surface area contributed by atoms with Crippen LogP contribution in [0.4, 0.5) is 0 Å². The number of nitrogens with zero attached hydrogens (tertiary/aromatic N) is 1. The minimum Gasteiger partial charge on any atom is -0.493 e. The molecule has 2 aliphatic carbocycles. The Balaban J connectivity index is 1.24. The van der Waals surface area contributed by atoms with Crippen LogP contribution >= 0.6 is 58.5 Å². The molecule has 45 heavy (non-hydrogen) atoms. The molecular formula is C32H30Cl2N2O6S3. The van der Waals surface area contributed by atoms with Crippen LogP contribution in [-0.4, -0.2) is 51.2 Å². The fraction of sp³-hybridized carbons (Fsp3) is 0.438. The zero-order valence-electron chi connectivity index (χ0n) is 24.5. The summed E-state index contributed by atoms with van der Waals surface area (Å²) in [6.07, 6.45) is 0.759. The van der Waals surface area contributed by atoms with Crippen LogP contribution in [0.25, 0.3) is 0 Å². The van der Waals surface area contributed by atoms with Gasteiger partial charge in [0.1, 0.15) is 12.6 Å². The van der Waals surface area contributed by atoms with Gasteiger partial charge in [0, 0.05) is 31.7 Å². The summed E-state index contributed by atoms with van der Waals surface area (Å²) in [6.45, 7) is 3.70. The number of hydrogen-bond acceptors (Lipinski definition) is 8. The van der Waals surface area contributed by atoms with Crippen LogP contribution in [0, 0.1) is 39.5 Å². The number of thiazole rings is 1. The SMILES string of the molecule is COc1cc(C2c3sc(=S)[nH]c3SC3C4CC(C5C(=O)N(C(C(=O)O)C(C)C)C(=O)C45)C23)ccc1OCc1ccc(Cl)cc1Cl. The fourth-order valence-corrected chi connectivity index (χ4v) is 12.0. The van der Waals surface area contributed by atoms with Gasteiger partial charge in [-0.1, -0.05) is 49.2 Å². The summed E-state index contributed by atoms with van der Waals surface area (Å²) in [7, 11) is 1.60. The molecule has 13 heteroatoms. The van der Waals surface area contributed by atoms with Gasteiger partial charge in [0.25, 0.3) is 0 Å². The van der Waals surface area contributed by atoms with E-state index in [2.05, 4.69) is 4.98 Å². The number of nitrogens with one attached hydrogen (secondary N) is 1. The van der Waals surface area contributed by atoms with E-state index in [-0.39, 0.29) is 47.3 Å². The third-order valence-electron chi connectivity index (χ3n) is 9.87. The number of aromatic amines is 1. The van der Waals surface area contributed by atoms with E-state index in [9.17, 15) is 19.5 Å². The normalized spacial score (nSPS) is 28.7. The van der Waals surface area contributed by atoms with Gasteiger partial charge >= 0.3 is 5.97 Å². The van der Waals surface area contributed by atoms with Gasteiger partial charge in [-0.25, -0.2) is 4.79 Å². The third kappa shape index (κ3) is 4.92. The quantitative estimate of drug-likeness (QED) is 0.186. The molecule has 2 bridgehead atoms. The lowest BCUT2D eigenvalue weighted by Crippen LogP contribution is -2.49. The van der Waals surface area contributed by atoms with Crippen LogP contribution in [0.3, 0.4) is 0 Å². The van der Waals surface area contributed by atoms with Crippen molar-refractivity contribution in [2.75, 3.05) is 7.11 Å². The number of carbonyl (C=O) groups is 3. The van der Waals surface area contributed by atoms with Crippen molar-refractivity contribution < 1.29 is 29.0 Å². The lowest BCUT2D eigenvalue weighted by Gasteiger charge is -2.43. The Labute approximate surface area is 283 Å². The minimum absolute atomic E-state index is 0.0378. The number of hydrogen-bond donors (Lipinski definition) is 2. The number of benzene rings is 2.